The molecule has 0 aliphatic heterocycles. The van der Waals surface area contributed by atoms with Gasteiger partial charge < -0.3 is 0 Å². The maximum atomic E-state index is 2.38. The zero-order valence-electron chi connectivity index (χ0n) is 11.1. The molecule has 0 saturated heterocycles. The van der Waals surface area contributed by atoms with Gasteiger partial charge in [0, 0.05) is 20.2 Å². The van der Waals surface area contributed by atoms with Crippen LogP contribution in [0.5, 0.6) is 0 Å². The van der Waals surface area contributed by atoms with E-state index in [0.717, 1.165) is 0 Å². The molecule has 0 saturated carbocycles. The summed E-state index contributed by atoms with van der Waals surface area (Å²) in [6.07, 6.45) is 0. The Morgan fingerprint density at radius 3 is 2.33 bits per heavy atom. The summed E-state index contributed by atoms with van der Waals surface area (Å²) in [6.45, 7) is 6.90. The minimum atomic E-state index is 0.625. The van der Waals surface area contributed by atoms with Crippen molar-refractivity contribution in [1.82, 2.24) is 0 Å². The van der Waals surface area contributed by atoms with Crippen molar-refractivity contribution in [2.75, 3.05) is 0 Å². The Kier molecular flexibility index (Phi) is 2.87. The molecule has 0 fully saturated rings. The topological polar surface area (TPSA) is 0 Å². The van der Waals surface area contributed by atoms with E-state index in [4.69, 9.17) is 0 Å². The third-order valence-corrected chi connectivity index (χ3v) is 5.06. The standard InChI is InChI=1S/C17H18S/c1-11(2)12(3)13-8-9-15-14-6-4-5-7-16(14)18-17(15)10-13/h4-12H,1-3H3. The molecule has 0 aliphatic carbocycles. The van der Waals surface area contributed by atoms with Crippen LogP contribution in [0.25, 0.3) is 20.2 Å². The number of rotatable bonds is 2. The van der Waals surface area contributed by atoms with E-state index in [-0.39, 0.29) is 0 Å². The van der Waals surface area contributed by atoms with Crippen molar-refractivity contribution in [3.8, 4) is 0 Å². The van der Waals surface area contributed by atoms with Gasteiger partial charge in [-0.2, -0.15) is 0 Å². The second kappa shape index (κ2) is 4.40. The van der Waals surface area contributed by atoms with Crippen molar-refractivity contribution in [3.05, 3.63) is 48.0 Å². The molecule has 0 nitrogen and oxygen atoms in total. The Morgan fingerprint density at radius 1 is 0.833 bits per heavy atom. The Morgan fingerprint density at radius 2 is 1.56 bits per heavy atom. The lowest BCUT2D eigenvalue weighted by atomic mass is 9.90. The van der Waals surface area contributed by atoms with Gasteiger partial charge in [-0.1, -0.05) is 51.1 Å². The van der Waals surface area contributed by atoms with Gasteiger partial charge in [-0.05, 0) is 29.5 Å². The largest absolute Gasteiger partial charge is 0.135 e. The van der Waals surface area contributed by atoms with Crippen LogP contribution in [0.4, 0.5) is 0 Å². The monoisotopic (exact) mass is 254 g/mol. The first kappa shape index (κ1) is 11.7. The second-order valence-electron chi connectivity index (χ2n) is 5.39. The lowest BCUT2D eigenvalue weighted by Gasteiger charge is -2.15. The zero-order chi connectivity index (χ0) is 12.7. The molecule has 0 N–H and O–H groups in total. The summed E-state index contributed by atoms with van der Waals surface area (Å²) in [6, 6.07) is 15.7. The Labute approximate surface area is 112 Å². The van der Waals surface area contributed by atoms with Crippen LogP contribution in [0.2, 0.25) is 0 Å². The molecule has 0 radical (unpaired) electrons. The van der Waals surface area contributed by atoms with E-state index in [0.29, 0.717) is 11.8 Å². The molecule has 2 aromatic carbocycles. The highest BCUT2D eigenvalue weighted by atomic mass is 32.1. The minimum Gasteiger partial charge on any atom is -0.135 e. The minimum absolute atomic E-state index is 0.625. The van der Waals surface area contributed by atoms with Crippen molar-refractivity contribution >= 4 is 31.5 Å². The lowest BCUT2D eigenvalue weighted by molar-refractivity contribution is 0.535. The van der Waals surface area contributed by atoms with Gasteiger partial charge in [0.15, 0.2) is 0 Å². The third-order valence-electron chi connectivity index (χ3n) is 3.93. The van der Waals surface area contributed by atoms with Crippen LogP contribution >= 0.6 is 11.3 Å². The molecular weight excluding hydrogens is 236 g/mol. The van der Waals surface area contributed by atoms with Gasteiger partial charge in [0.1, 0.15) is 0 Å². The van der Waals surface area contributed by atoms with Crippen molar-refractivity contribution in [2.24, 2.45) is 5.92 Å². The summed E-state index contributed by atoms with van der Waals surface area (Å²) in [4.78, 5) is 0. The Balaban J connectivity index is 2.21. The van der Waals surface area contributed by atoms with Crippen LogP contribution in [-0.2, 0) is 0 Å². The third kappa shape index (κ3) is 1.83. The first-order valence-corrected chi connectivity index (χ1v) is 7.39. The molecule has 0 amide bonds. The average molecular weight is 254 g/mol. The normalized spacial score (nSPS) is 13.6. The lowest BCUT2D eigenvalue weighted by Crippen LogP contribution is -2.01. The van der Waals surface area contributed by atoms with Crippen LogP contribution in [0.15, 0.2) is 42.5 Å². The molecular formula is C17H18S. The summed E-state index contributed by atoms with van der Waals surface area (Å²) in [5.74, 6) is 1.32. The predicted octanol–water partition coefficient (Wildman–Crippen LogP) is 5.81. The van der Waals surface area contributed by atoms with Crippen molar-refractivity contribution in [1.29, 1.82) is 0 Å². The maximum Gasteiger partial charge on any atom is 0.0358 e. The average Bonchev–Trinajstić information content (AvgIpc) is 2.75. The second-order valence-corrected chi connectivity index (χ2v) is 6.47. The summed E-state index contributed by atoms with van der Waals surface area (Å²) in [7, 11) is 0. The molecule has 3 rings (SSSR count). The van der Waals surface area contributed by atoms with E-state index in [1.807, 2.05) is 11.3 Å². The molecule has 0 bridgehead atoms. The van der Waals surface area contributed by atoms with Gasteiger partial charge in [-0.15, -0.1) is 11.3 Å². The van der Waals surface area contributed by atoms with E-state index in [9.17, 15) is 0 Å². The van der Waals surface area contributed by atoms with E-state index in [1.165, 1.54) is 25.7 Å². The quantitative estimate of drug-likeness (QED) is 0.541. The first-order valence-electron chi connectivity index (χ1n) is 6.58. The van der Waals surface area contributed by atoms with Crippen LogP contribution in [0, 0.1) is 5.92 Å². The first-order chi connectivity index (χ1) is 8.66. The van der Waals surface area contributed by atoms with Crippen LogP contribution < -0.4 is 0 Å². The van der Waals surface area contributed by atoms with Crippen LogP contribution in [0.3, 0.4) is 0 Å². The summed E-state index contributed by atoms with van der Waals surface area (Å²) in [5, 5.41) is 2.79. The molecule has 0 spiro atoms. The highest BCUT2D eigenvalue weighted by molar-refractivity contribution is 7.25. The van der Waals surface area contributed by atoms with Crippen molar-refractivity contribution < 1.29 is 0 Å². The molecule has 1 atom stereocenters. The number of hydrogen-bond acceptors (Lipinski definition) is 1. The Hall–Kier alpha value is -1.34. The van der Waals surface area contributed by atoms with Gasteiger partial charge in [0.2, 0.25) is 0 Å². The number of fused-ring (bicyclic) bond motifs is 3. The highest BCUT2D eigenvalue weighted by Crippen LogP contribution is 2.36. The zero-order valence-corrected chi connectivity index (χ0v) is 11.9. The molecule has 3 aromatic rings. The van der Waals surface area contributed by atoms with E-state index >= 15 is 0 Å². The summed E-state index contributed by atoms with van der Waals surface area (Å²) < 4.78 is 2.81. The highest BCUT2D eigenvalue weighted by Gasteiger charge is 2.12. The molecule has 0 aliphatic rings. The molecule has 18 heavy (non-hydrogen) atoms. The van der Waals surface area contributed by atoms with Gasteiger partial charge in [-0.3, -0.25) is 0 Å². The van der Waals surface area contributed by atoms with Crippen molar-refractivity contribution in [2.45, 2.75) is 26.7 Å². The number of benzene rings is 2. The number of hydrogen-bond donors (Lipinski definition) is 0. The fraction of sp³-hybridized carbons (Fsp3) is 0.294. The van der Waals surface area contributed by atoms with E-state index in [1.54, 1.807) is 0 Å². The Bertz CT molecular complexity index is 691. The fourth-order valence-corrected chi connectivity index (χ4v) is 3.57. The van der Waals surface area contributed by atoms with Gasteiger partial charge in [0.05, 0.1) is 0 Å². The molecule has 92 valence electrons. The summed E-state index contributed by atoms with van der Waals surface area (Å²) in [5.41, 5.74) is 1.46. The SMILES string of the molecule is CC(C)C(C)c1ccc2c(c1)sc1ccccc12. The van der Waals surface area contributed by atoms with Gasteiger partial charge in [0.25, 0.3) is 0 Å². The van der Waals surface area contributed by atoms with E-state index in [2.05, 4.69) is 63.2 Å². The fourth-order valence-electron chi connectivity index (χ4n) is 2.41. The molecule has 1 heteroatoms. The predicted molar refractivity (Wildman–Crippen MR) is 82.6 cm³/mol. The van der Waals surface area contributed by atoms with Crippen LogP contribution in [-0.4, -0.2) is 0 Å². The molecule has 1 heterocycles. The smallest absolute Gasteiger partial charge is 0.0358 e. The van der Waals surface area contributed by atoms with Gasteiger partial charge in [-0.25, -0.2) is 0 Å². The van der Waals surface area contributed by atoms with Crippen LogP contribution in [0.1, 0.15) is 32.3 Å². The van der Waals surface area contributed by atoms with Crippen molar-refractivity contribution in [3.63, 3.8) is 0 Å². The molecule has 1 aromatic heterocycles. The van der Waals surface area contributed by atoms with E-state index < -0.39 is 0 Å². The number of thiophene rings is 1. The molecule has 1 unspecified atom stereocenters. The summed E-state index contributed by atoms with van der Waals surface area (Å²) >= 11 is 1.90. The van der Waals surface area contributed by atoms with Gasteiger partial charge >= 0.3 is 0 Å². The maximum absolute atomic E-state index is 2.38.